The second kappa shape index (κ2) is 6.92. The van der Waals surface area contributed by atoms with Gasteiger partial charge in [0.2, 0.25) is 6.10 Å². The van der Waals surface area contributed by atoms with Crippen LogP contribution in [0.1, 0.15) is 20.3 Å². The average Bonchev–Trinajstić information content (AvgIpc) is 2.26. The standard InChI is InChI=1S/C10H18N2O6/c1-4(2)7(12)10(17)18-6(9(15)16)3-5(11)8(13)14/h4-7H,3,11-12H2,1-2H3,(H,13,14)(H,15,16)/t5-,6?,7-/m0/s1. The van der Waals surface area contributed by atoms with E-state index in [4.69, 9.17) is 21.7 Å². The lowest BCUT2D eigenvalue weighted by Gasteiger charge is -2.19. The highest BCUT2D eigenvalue weighted by Gasteiger charge is 2.30. The molecule has 0 amide bonds. The molecule has 0 saturated carbocycles. The quantitative estimate of drug-likeness (QED) is 0.416. The molecule has 0 aliphatic heterocycles. The molecule has 0 spiro atoms. The van der Waals surface area contributed by atoms with E-state index in [9.17, 15) is 14.4 Å². The summed E-state index contributed by atoms with van der Waals surface area (Å²) in [6, 6.07) is -2.39. The molecule has 8 nitrogen and oxygen atoms in total. The van der Waals surface area contributed by atoms with Crippen molar-refractivity contribution in [1.82, 2.24) is 0 Å². The van der Waals surface area contributed by atoms with Gasteiger partial charge in [0.25, 0.3) is 0 Å². The highest BCUT2D eigenvalue weighted by molar-refractivity contribution is 5.82. The fourth-order valence-electron chi connectivity index (χ4n) is 1.02. The van der Waals surface area contributed by atoms with Gasteiger partial charge in [-0.15, -0.1) is 0 Å². The molecule has 6 N–H and O–H groups in total. The largest absolute Gasteiger partial charge is 0.480 e. The van der Waals surface area contributed by atoms with Crippen LogP contribution >= 0.6 is 0 Å². The van der Waals surface area contributed by atoms with Crippen LogP contribution in [0.5, 0.6) is 0 Å². The first kappa shape index (κ1) is 16.3. The number of aliphatic carboxylic acids is 2. The van der Waals surface area contributed by atoms with E-state index < -0.39 is 42.5 Å². The molecule has 3 atom stereocenters. The van der Waals surface area contributed by atoms with Gasteiger partial charge in [0.15, 0.2) is 0 Å². The first-order chi connectivity index (χ1) is 8.16. The van der Waals surface area contributed by atoms with Crippen LogP contribution in [0.15, 0.2) is 0 Å². The third kappa shape index (κ3) is 5.11. The summed E-state index contributed by atoms with van der Waals surface area (Å²) < 4.78 is 4.65. The molecule has 0 radical (unpaired) electrons. The van der Waals surface area contributed by atoms with E-state index in [1.807, 2.05) is 0 Å². The predicted octanol–water partition coefficient (Wildman–Crippen LogP) is -1.23. The zero-order valence-electron chi connectivity index (χ0n) is 10.2. The molecule has 0 aromatic rings. The Kier molecular flexibility index (Phi) is 6.28. The van der Waals surface area contributed by atoms with Crippen LogP contribution in [0, 0.1) is 5.92 Å². The number of carboxylic acid groups (broad SMARTS) is 2. The minimum Gasteiger partial charge on any atom is -0.480 e. The van der Waals surface area contributed by atoms with Crippen LogP contribution < -0.4 is 11.5 Å². The van der Waals surface area contributed by atoms with Gasteiger partial charge in [0, 0.05) is 6.42 Å². The number of carboxylic acids is 2. The van der Waals surface area contributed by atoms with Gasteiger partial charge in [-0.1, -0.05) is 13.8 Å². The van der Waals surface area contributed by atoms with Crippen molar-refractivity contribution in [3.8, 4) is 0 Å². The number of carbonyl (C=O) groups excluding carboxylic acids is 1. The Morgan fingerprint density at radius 3 is 1.94 bits per heavy atom. The Morgan fingerprint density at radius 1 is 1.11 bits per heavy atom. The smallest absolute Gasteiger partial charge is 0.345 e. The van der Waals surface area contributed by atoms with Gasteiger partial charge in [-0.05, 0) is 5.92 Å². The fraction of sp³-hybridized carbons (Fsp3) is 0.700. The molecule has 0 bridgehead atoms. The molecule has 0 fully saturated rings. The van der Waals surface area contributed by atoms with Crippen molar-refractivity contribution >= 4 is 17.9 Å². The number of esters is 1. The number of hydrogen-bond donors (Lipinski definition) is 4. The van der Waals surface area contributed by atoms with E-state index in [0.29, 0.717) is 0 Å². The van der Waals surface area contributed by atoms with E-state index in [0.717, 1.165) is 0 Å². The normalized spacial score (nSPS) is 15.8. The molecule has 0 aliphatic carbocycles. The van der Waals surface area contributed by atoms with E-state index in [1.54, 1.807) is 13.8 Å². The molecule has 0 aromatic heterocycles. The molecule has 0 aromatic carbocycles. The molecule has 104 valence electrons. The van der Waals surface area contributed by atoms with Crippen LogP contribution in [0.3, 0.4) is 0 Å². The number of rotatable bonds is 7. The van der Waals surface area contributed by atoms with Crippen LogP contribution in [-0.4, -0.2) is 46.3 Å². The van der Waals surface area contributed by atoms with Gasteiger partial charge >= 0.3 is 17.9 Å². The van der Waals surface area contributed by atoms with Gasteiger partial charge in [-0.25, -0.2) is 4.79 Å². The SMILES string of the molecule is CC(C)[C@H](N)C(=O)OC(C[C@H](N)C(=O)O)C(=O)O. The van der Waals surface area contributed by atoms with Crippen molar-refractivity contribution in [3.63, 3.8) is 0 Å². The van der Waals surface area contributed by atoms with Crippen molar-refractivity contribution in [2.24, 2.45) is 17.4 Å². The van der Waals surface area contributed by atoms with Crippen LogP contribution in [0.2, 0.25) is 0 Å². The molecular formula is C10H18N2O6. The molecule has 1 unspecified atom stereocenters. The van der Waals surface area contributed by atoms with Crippen molar-refractivity contribution in [2.75, 3.05) is 0 Å². The lowest BCUT2D eigenvalue weighted by molar-refractivity contribution is -0.167. The van der Waals surface area contributed by atoms with Crippen LogP contribution in [0.25, 0.3) is 0 Å². The first-order valence-corrected chi connectivity index (χ1v) is 5.34. The molecule has 0 heterocycles. The maximum atomic E-state index is 11.5. The minimum absolute atomic E-state index is 0.222. The third-order valence-corrected chi connectivity index (χ3v) is 2.31. The summed E-state index contributed by atoms with van der Waals surface area (Å²) in [5, 5.41) is 17.4. The van der Waals surface area contributed by atoms with Crippen molar-refractivity contribution < 1.29 is 29.3 Å². The maximum Gasteiger partial charge on any atom is 0.345 e. The Hall–Kier alpha value is -1.67. The van der Waals surface area contributed by atoms with E-state index in [-0.39, 0.29) is 5.92 Å². The molecule has 0 rings (SSSR count). The van der Waals surface area contributed by atoms with Gasteiger partial charge in [-0.3, -0.25) is 9.59 Å². The summed E-state index contributed by atoms with van der Waals surface area (Å²) in [7, 11) is 0. The molecule has 0 saturated heterocycles. The zero-order chi connectivity index (χ0) is 14.5. The van der Waals surface area contributed by atoms with Crippen molar-refractivity contribution in [2.45, 2.75) is 38.5 Å². The summed E-state index contributed by atoms with van der Waals surface area (Å²) in [6.07, 6.45) is -2.13. The van der Waals surface area contributed by atoms with E-state index >= 15 is 0 Å². The van der Waals surface area contributed by atoms with Gasteiger partial charge in [-0.2, -0.15) is 0 Å². The molecule has 0 aliphatic rings. The van der Waals surface area contributed by atoms with E-state index in [1.165, 1.54) is 0 Å². The van der Waals surface area contributed by atoms with Crippen LogP contribution in [-0.2, 0) is 19.1 Å². The summed E-state index contributed by atoms with van der Waals surface area (Å²) in [5.74, 6) is -3.95. The Bertz CT molecular complexity index is 330. The van der Waals surface area contributed by atoms with Gasteiger partial charge in [0.1, 0.15) is 12.1 Å². The highest BCUT2D eigenvalue weighted by Crippen LogP contribution is 2.07. The maximum absolute atomic E-state index is 11.5. The second-order valence-electron chi connectivity index (χ2n) is 4.21. The number of ether oxygens (including phenoxy) is 1. The zero-order valence-corrected chi connectivity index (χ0v) is 10.2. The van der Waals surface area contributed by atoms with Gasteiger partial charge in [0.05, 0.1) is 0 Å². The molecule has 8 heteroatoms. The molecular weight excluding hydrogens is 244 g/mol. The average molecular weight is 262 g/mol. The lowest BCUT2D eigenvalue weighted by atomic mass is 10.1. The Morgan fingerprint density at radius 2 is 1.61 bits per heavy atom. The summed E-state index contributed by atoms with van der Waals surface area (Å²) in [6.45, 7) is 3.34. The van der Waals surface area contributed by atoms with Crippen molar-refractivity contribution in [1.29, 1.82) is 0 Å². The topological polar surface area (TPSA) is 153 Å². The minimum atomic E-state index is -1.62. The first-order valence-electron chi connectivity index (χ1n) is 5.34. The van der Waals surface area contributed by atoms with Crippen LogP contribution in [0.4, 0.5) is 0 Å². The summed E-state index contributed by atoms with van der Waals surface area (Å²) in [5.41, 5.74) is 10.7. The van der Waals surface area contributed by atoms with Gasteiger partial charge < -0.3 is 26.4 Å². The Balaban J connectivity index is 4.60. The summed E-state index contributed by atoms with van der Waals surface area (Å²) in [4.78, 5) is 32.8. The van der Waals surface area contributed by atoms with E-state index in [2.05, 4.69) is 4.74 Å². The summed E-state index contributed by atoms with van der Waals surface area (Å²) >= 11 is 0. The predicted molar refractivity (Wildman–Crippen MR) is 60.6 cm³/mol. The fourth-order valence-corrected chi connectivity index (χ4v) is 1.02. The third-order valence-electron chi connectivity index (χ3n) is 2.31. The highest BCUT2D eigenvalue weighted by atomic mass is 16.6. The lowest BCUT2D eigenvalue weighted by Crippen LogP contribution is -2.43. The number of carbonyl (C=O) groups is 3. The number of hydrogen-bond acceptors (Lipinski definition) is 6. The molecule has 18 heavy (non-hydrogen) atoms. The monoisotopic (exact) mass is 262 g/mol. The Labute approximate surface area is 104 Å². The second-order valence-corrected chi connectivity index (χ2v) is 4.21. The number of nitrogens with two attached hydrogens (primary N) is 2. The van der Waals surface area contributed by atoms with Crippen molar-refractivity contribution in [3.05, 3.63) is 0 Å².